The molecule has 0 radical (unpaired) electrons. The zero-order chi connectivity index (χ0) is 14.7. The molecule has 2 aliphatic rings. The topological polar surface area (TPSA) is 64.9 Å². The Balaban J connectivity index is 1.63. The van der Waals surface area contributed by atoms with Gasteiger partial charge in [0.25, 0.3) is 0 Å². The second kappa shape index (κ2) is 6.47. The maximum absolute atomic E-state index is 6.49. The standard InChI is InChI=1S/C17H29N3O/c1-2-13-7-6-8-14(11-13)16-19-15(21-20-16)12-17(18)9-4-3-5-10-17/h13-14H,2-12,18H2,1H3. The normalized spacial score (nSPS) is 29.4. The third-order valence-electron chi connectivity index (χ3n) is 5.56. The van der Waals surface area contributed by atoms with Crippen molar-refractivity contribution in [3.63, 3.8) is 0 Å². The fourth-order valence-corrected chi connectivity index (χ4v) is 4.14. The molecule has 118 valence electrons. The molecule has 0 aromatic carbocycles. The van der Waals surface area contributed by atoms with Crippen molar-refractivity contribution in [3.05, 3.63) is 11.7 Å². The van der Waals surface area contributed by atoms with Crippen LogP contribution in [0, 0.1) is 5.92 Å². The van der Waals surface area contributed by atoms with Crippen molar-refractivity contribution in [2.24, 2.45) is 11.7 Å². The molecular weight excluding hydrogens is 262 g/mol. The minimum absolute atomic E-state index is 0.111. The van der Waals surface area contributed by atoms with Crippen molar-refractivity contribution in [3.8, 4) is 0 Å². The Labute approximate surface area is 127 Å². The highest BCUT2D eigenvalue weighted by Crippen LogP contribution is 2.36. The molecule has 21 heavy (non-hydrogen) atoms. The van der Waals surface area contributed by atoms with E-state index in [-0.39, 0.29) is 5.54 Å². The lowest BCUT2D eigenvalue weighted by Crippen LogP contribution is -2.43. The van der Waals surface area contributed by atoms with Gasteiger partial charge in [-0.2, -0.15) is 4.98 Å². The van der Waals surface area contributed by atoms with Gasteiger partial charge in [-0.1, -0.05) is 50.6 Å². The van der Waals surface area contributed by atoms with Gasteiger partial charge in [-0.05, 0) is 31.6 Å². The van der Waals surface area contributed by atoms with E-state index in [4.69, 9.17) is 10.3 Å². The highest BCUT2D eigenvalue weighted by Gasteiger charge is 2.31. The summed E-state index contributed by atoms with van der Waals surface area (Å²) in [5, 5.41) is 4.26. The molecule has 1 heterocycles. The first kappa shape index (κ1) is 15.0. The number of aromatic nitrogens is 2. The molecule has 4 heteroatoms. The van der Waals surface area contributed by atoms with E-state index in [0.717, 1.165) is 36.9 Å². The summed E-state index contributed by atoms with van der Waals surface area (Å²) in [6.07, 6.45) is 13.1. The van der Waals surface area contributed by atoms with Crippen molar-refractivity contribution in [2.45, 2.75) is 89.0 Å². The molecule has 0 bridgehead atoms. The molecule has 0 spiro atoms. The molecule has 2 unspecified atom stereocenters. The van der Waals surface area contributed by atoms with Crippen LogP contribution in [0.3, 0.4) is 0 Å². The van der Waals surface area contributed by atoms with Crippen LogP contribution in [0.15, 0.2) is 4.52 Å². The Hall–Kier alpha value is -0.900. The maximum Gasteiger partial charge on any atom is 0.228 e. The van der Waals surface area contributed by atoms with Crippen molar-refractivity contribution in [2.75, 3.05) is 0 Å². The van der Waals surface area contributed by atoms with Gasteiger partial charge in [0.05, 0.1) is 0 Å². The van der Waals surface area contributed by atoms with E-state index < -0.39 is 0 Å². The Morgan fingerprint density at radius 3 is 2.76 bits per heavy atom. The molecule has 0 saturated heterocycles. The van der Waals surface area contributed by atoms with Gasteiger partial charge in [0.2, 0.25) is 5.89 Å². The largest absolute Gasteiger partial charge is 0.339 e. The summed E-state index contributed by atoms with van der Waals surface area (Å²) in [4.78, 5) is 4.68. The van der Waals surface area contributed by atoms with E-state index >= 15 is 0 Å². The van der Waals surface area contributed by atoms with E-state index in [9.17, 15) is 0 Å². The molecule has 1 aromatic heterocycles. The van der Waals surface area contributed by atoms with E-state index in [0.29, 0.717) is 5.92 Å². The average molecular weight is 291 g/mol. The molecule has 2 aliphatic carbocycles. The van der Waals surface area contributed by atoms with Gasteiger partial charge >= 0.3 is 0 Å². The molecule has 2 fully saturated rings. The van der Waals surface area contributed by atoms with Gasteiger partial charge in [0.15, 0.2) is 5.82 Å². The quantitative estimate of drug-likeness (QED) is 0.912. The van der Waals surface area contributed by atoms with E-state index in [1.165, 1.54) is 51.4 Å². The van der Waals surface area contributed by atoms with Crippen LogP contribution < -0.4 is 5.73 Å². The van der Waals surface area contributed by atoms with Crippen LogP contribution in [0.1, 0.15) is 88.8 Å². The first-order valence-corrected chi connectivity index (χ1v) is 8.80. The number of nitrogens with zero attached hydrogens (tertiary/aromatic N) is 2. The summed E-state index contributed by atoms with van der Waals surface area (Å²) >= 11 is 0. The smallest absolute Gasteiger partial charge is 0.228 e. The van der Waals surface area contributed by atoms with Gasteiger partial charge < -0.3 is 10.3 Å². The zero-order valence-electron chi connectivity index (χ0n) is 13.3. The first-order valence-electron chi connectivity index (χ1n) is 8.80. The lowest BCUT2D eigenvalue weighted by atomic mass is 9.79. The van der Waals surface area contributed by atoms with E-state index in [1.807, 2.05) is 0 Å². The van der Waals surface area contributed by atoms with Crippen molar-refractivity contribution >= 4 is 0 Å². The van der Waals surface area contributed by atoms with Crippen molar-refractivity contribution < 1.29 is 4.52 Å². The van der Waals surface area contributed by atoms with Gasteiger partial charge in [-0.3, -0.25) is 0 Å². The minimum atomic E-state index is -0.111. The fraction of sp³-hybridized carbons (Fsp3) is 0.882. The zero-order valence-corrected chi connectivity index (χ0v) is 13.3. The van der Waals surface area contributed by atoms with Crippen LogP contribution in [0.2, 0.25) is 0 Å². The highest BCUT2D eigenvalue weighted by atomic mass is 16.5. The van der Waals surface area contributed by atoms with Crippen LogP contribution in [0.25, 0.3) is 0 Å². The van der Waals surface area contributed by atoms with Crippen LogP contribution in [0.4, 0.5) is 0 Å². The molecule has 2 saturated carbocycles. The average Bonchev–Trinajstić information content (AvgIpc) is 2.96. The van der Waals surface area contributed by atoms with Crippen LogP contribution >= 0.6 is 0 Å². The highest BCUT2D eigenvalue weighted by molar-refractivity contribution is 5.02. The van der Waals surface area contributed by atoms with Crippen molar-refractivity contribution in [1.82, 2.24) is 10.1 Å². The number of hydrogen-bond donors (Lipinski definition) is 1. The summed E-state index contributed by atoms with van der Waals surface area (Å²) in [5.41, 5.74) is 6.38. The van der Waals surface area contributed by atoms with Crippen molar-refractivity contribution in [1.29, 1.82) is 0 Å². The van der Waals surface area contributed by atoms with Gasteiger partial charge in [-0.25, -0.2) is 0 Å². The molecule has 0 aliphatic heterocycles. The lowest BCUT2D eigenvalue weighted by molar-refractivity contribution is 0.259. The monoisotopic (exact) mass is 291 g/mol. The Morgan fingerprint density at radius 1 is 1.19 bits per heavy atom. The van der Waals surface area contributed by atoms with Crippen LogP contribution in [-0.2, 0) is 6.42 Å². The molecule has 4 nitrogen and oxygen atoms in total. The Kier molecular flexibility index (Phi) is 4.63. The molecule has 0 amide bonds. The summed E-state index contributed by atoms with van der Waals surface area (Å²) in [6, 6.07) is 0. The second-order valence-corrected chi connectivity index (χ2v) is 7.28. The van der Waals surface area contributed by atoms with Crippen LogP contribution in [-0.4, -0.2) is 15.7 Å². The minimum Gasteiger partial charge on any atom is -0.339 e. The molecule has 2 N–H and O–H groups in total. The summed E-state index contributed by atoms with van der Waals surface area (Å²) in [6.45, 7) is 2.29. The summed E-state index contributed by atoms with van der Waals surface area (Å²) < 4.78 is 5.51. The molecular formula is C17H29N3O. The van der Waals surface area contributed by atoms with Gasteiger partial charge in [0.1, 0.15) is 0 Å². The number of hydrogen-bond acceptors (Lipinski definition) is 4. The third-order valence-corrected chi connectivity index (χ3v) is 5.56. The Morgan fingerprint density at radius 2 is 2.00 bits per heavy atom. The van der Waals surface area contributed by atoms with Gasteiger partial charge in [-0.15, -0.1) is 0 Å². The first-order chi connectivity index (χ1) is 10.2. The number of nitrogens with two attached hydrogens (primary N) is 1. The summed E-state index contributed by atoms with van der Waals surface area (Å²) in [5.74, 6) is 3.03. The molecule has 1 aromatic rings. The summed E-state index contributed by atoms with van der Waals surface area (Å²) in [7, 11) is 0. The maximum atomic E-state index is 6.49. The molecule has 2 atom stereocenters. The Bertz CT molecular complexity index is 451. The third kappa shape index (κ3) is 3.65. The second-order valence-electron chi connectivity index (χ2n) is 7.28. The number of rotatable bonds is 4. The molecule has 3 rings (SSSR count). The fourth-order valence-electron chi connectivity index (χ4n) is 4.14. The van der Waals surface area contributed by atoms with Gasteiger partial charge in [0, 0.05) is 17.9 Å². The SMILES string of the molecule is CCC1CCCC(c2noc(CC3(N)CCCCC3)n2)C1. The van der Waals surface area contributed by atoms with E-state index in [2.05, 4.69) is 17.1 Å². The predicted octanol–water partition coefficient (Wildman–Crippen LogP) is 3.96. The predicted molar refractivity (Wildman–Crippen MR) is 83.0 cm³/mol. The van der Waals surface area contributed by atoms with Crippen LogP contribution in [0.5, 0.6) is 0 Å². The lowest BCUT2D eigenvalue weighted by Gasteiger charge is -2.32. The van der Waals surface area contributed by atoms with E-state index in [1.54, 1.807) is 0 Å².